The predicted octanol–water partition coefficient (Wildman–Crippen LogP) is 3.54. The fourth-order valence-electron chi connectivity index (χ4n) is 3.97. The van der Waals surface area contributed by atoms with Gasteiger partial charge in [0.25, 0.3) is 11.8 Å². The van der Waals surface area contributed by atoms with Crippen molar-refractivity contribution in [3.63, 3.8) is 0 Å². The number of hydrogen-bond acceptors (Lipinski definition) is 7. The molecule has 0 spiro atoms. The molecule has 2 aromatic rings. The summed E-state index contributed by atoms with van der Waals surface area (Å²) in [5, 5.41) is 6.89. The molecule has 1 aromatic carbocycles. The number of carbonyl (C=O) groups is 2. The standard InChI is InChI=1S/C28H36N6O3/c1-4-8-20(18-31-27-24-12-6-11-23(26(29)35)25(24)32-19-33-27)13-14-30-28(36)21-9-5-10-22(17-21)37-16-7-15-34(2)3/h4,6,9,11-14,17,19-20H,1,5,7-8,10,15-16,18H2,2-3H3,(H2,29,35)(H,30,36)(H,31,32,33)/b14-13+. The highest BCUT2D eigenvalue weighted by Crippen LogP contribution is 2.23. The first-order chi connectivity index (χ1) is 17.9. The molecule has 0 radical (unpaired) electrons. The summed E-state index contributed by atoms with van der Waals surface area (Å²) in [6.07, 6.45) is 13.8. The maximum absolute atomic E-state index is 12.7. The average Bonchev–Trinajstić information content (AvgIpc) is 2.89. The summed E-state index contributed by atoms with van der Waals surface area (Å²) in [6.45, 7) is 5.98. The van der Waals surface area contributed by atoms with Gasteiger partial charge in [0, 0.05) is 36.7 Å². The van der Waals surface area contributed by atoms with E-state index >= 15 is 0 Å². The number of carbonyl (C=O) groups excluding carboxylic acids is 2. The molecule has 0 fully saturated rings. The monoisotopic (exact) mass is 504 g/mol. The van der Waals surface area contributed by atoms with Gasteiger partial charge in [0.2, 0.25) is 0 Å². The Labute approximate surface area is 218 Å². The topological polar surface area (TPSA) is 122 Å². The number of anilines is 1. The highest BCUT2D eigenvalue weighted by Gasteiger charge is 2.14. The fourth-order valence-corrected chi connectivity index (χ4v) is 3.97. The molecule has 0 aliphatic heterocycles. The number of nitrogens with zero attached hydrogens (tertiary/aromatic N) is 3. The lowest BCUT2D eigenvalue weighted by Gasteiger charge is -2.16. The SMILES string of the molecule is C=CCC(/C=C/NC(=O)C1=CCCC(OCCCN(C)C)=C1)CNc1ncnc2c(C(N)=O)cccc12. The van der Waals surface area contributed by atoms with E-state index in [1.165, 1.54) is 6.33 Å². The molecule has 0 saturated carbocycles. The second-order valence-corrected chi connectivity index (χ2v) is 9.10. The Morgan fingerprint density at radius 2 is 2.14 bits per heavy atom. The molecule has 0 bridgehead atoms. The van der Waals surface area contributed by atoms with Crippen molar-refractivity contribution in [1.29, 1.82) is 0 Å². The number of para-hydroxylation sites is 1. The lowest BCUT2D eigenvalue weighted by Crippen LogP contribution is -2.21. The van der Waals surface area contributed by atoms with Crippen molar-refractivity contribution in [3.05, 3.63) is 78.5 Å². The minimum Gasteiger partial charge on any atom is -0.498 e. The molecule has 1 aliphatic rings. The van der Waals surface area contributed by atoms with Crippen LogP contribution in [0.25, 0.3) is 10.9 Å². The third kappa shape index (κ3) is 8.28. The van der Waals surface area contributed by atoms with Crippen molar-refractivity contribution in [2.45, 2.75) is 25.7 Å². The van der Waals surface area contributed by atoms with Gasteiger partial charge in [-0.05, 0) is 57.5 Å². The smallest absolute Gasteiger partial charge is 0.254 e. The number of aromatic nitrogens is 2. The normalized spacial score (nSPS) is 14.2. The van der Waals surface area contributed by atoms with E-state index in [9.17, 15) is 9.59 Å². The molecule has 1 atom stereocenters. The van der Waals surface area contributed by atoms with Crippen LogP contribution in [0.15, 0.2) is 72.9 Å². The Morgan fingerprint density at radius 3 is 2.89 bits per heavy atom. The minimum absolute atomic E-state index is 0.0496. The van der Waals surface area contributed by atoms with Gasteiger partial charge in [0.05, 0.1) is 23.4 Å². The number of rotatable bonds is 14. The van der Waals surface area contributed by atoms with Crippen molar-refractivity contribution in [3.8, 4) is 0 Å². The summed E-state index contributed by atoms with van der Waals surface area (Å²) < 4.78 is 5.85. The third-order valence-corrected chi connectivity index (χ3v) is 5.88. The van der Waals surface area contributed by atoms with E-state index in [1.807, 2.05) is 44.5 Å². The summed E-state index contributed by atoms with van der Waals surface area (Å²) in [5.74, 6) is 0.797. The van der Waals surface area contributed by atoms with Gasteiger partial charge in [-0.2, -0.15) is 0 Å². The van der Waals surface area contributed by atoms with Crippen LogP contribution in [0, 0.1) is 5.92 Å². The van der Waals surface area contributed by atoms with Crippen LogP contribution in [-0.2, 0) is 9.53 Å². The lowest BCUT2D eigenvalue weighted by atomic mass is 10.0. The highest BCUT2D eigenvalue weighted by molar-refractivity contribution is 6.06. The summed E-state index contributed by atoms with van der Waals surface area (Å²) >= 11 is 0. The van der Waals surface area contributed by atoms with Gasteiger partial charge in [-0.15, -0.1) is 6.58 Å². The number of nitrogens with one attached hydrogen (secondary N) is 2. The van der Waals surface area contributed by atoms with E-state index in [4.69, 9.17) is 10.5 Å². The van der Waals surface area contributed by atoms with E-state index in [0.29, 0.717) is 47.4 Å². The summed E-state index contributed by atoms with van der Waals surface area (Å²) in [5.41, 5.74) is 6.94. The molecule has 9 nitrogen and oxygen atoms in total. The number of ether oxygens (including phenoxy) is 1. The zero-order valence-corrected chi connectivity index (χ0v) is 21.6. The van der Waals surface area contributed by atoms with Crippen molar-refractivity contribution in [1.82, 2.24) is 20.2 Å². The van der Waals surface area contributed by atoms with Gasteiger partial charge in [-0.1, -0.05) is 24.3 Å². The highest BCUT2D eigenvalue weighted by atomic mass is 16.5. The van der Waals surface area contributed by atoms with E-state index in [0.717, 1.165) is 31.6 Å². The largest absolute Gasteiger partial charge is 0.498 e. The summed E-state index contributed by atoms with van der Waals surface area (Å²) in [7, 11) is 4.07. The number of nitrogens with two attached hydrogens (primary N) is 1. The van der Waals surface area contributed by atoms with Gasteiger partial charge in [0.15, 0.2) is 0 Å². The van der Waals surface area contributed by atoms with Crippen LogP contribution < -0.4 is 16.4 Å². The van der Waals surface area contributed by atoms with Gasteiger partial charge in [0.1, 0.15) is 12.1 Å². The van der Waals surface area contributed by atoms with Crippen molar-refractivity contribution in [2.75, 3.05) is 39.1 Å². The number of amides is 2. The number of benzene rings is 1. The molecule has 196 valence electrons. The molecular formula is C28H36N6O3. The first-order valence-electron chi connectivity index (χ1n) is 12.4. The number of hydrogen-bond donors (Lipinski definition) is 3. The summed E-state index contributed by atoms with van der Waals surface area (Å²) in [4.78, 5) is 35.1. The van der Waals surface area contributed by atoms with Crippen molar-refractivity contribution < 1.29 is 14.3 Å². The fraction of sp³-hybridized carbons (Fsp3) is 0.357. The number of fused-ring (bicyclic) bond motifs is 1. The van der Waals surface area contributed by atoms with Crippen molar-refractivity contribution in [2.24, 2.45) is 11.7 Å². The van der Waals surface area contributed by atoms with E-state index < -0.39 is 5.91 Å². The van der Waals surface area contributed by atoms with Crippen LogP contribution in [0.5, 0.6) is 0 Å². The van der Waals surface area contributed by atoms with Crippen LogP contribution >= 0.6 is 0 Å². The quantitative estimate of drug-likeness (QED) is 0.266. The van der Waals surface area contributed by atoms with Crippen molar-refractivity contribution >= 4 is 28.5 Å². The van der Waals surface area contributed by atoms with Crippen LogP contribution in [0.1, 0.15) is 36.0 Å². The maximum atomic E-state index is 12.7. The molecule has 3 rings (SSSR count). The average molecular weight is 505 g/mol. The van der Waals surface area contributed by atoms with Crippen LogP contribution in [0.3, 0.4) is 0 Å². The number of allylic oxidation sites excluding steroid dienone is 3. The molecule has 1 aliphatic carbocycles. The minimum atomic E-state index is -0.538. The molecule has 1 aromatic heterocycles. The Morgan fingerprint density at radius 1 is 1.30 bits per heavy atom. The molecule has 0 saturated heterocycles. The van der Waals surface area contributed by atoms with Crippen LogP contribution in [0.2, 0.25) is 0 Å². The van der Waals surface area contributed by atoms with E-state index in [1.54, 1.807) is 18.3 Å². The Bertz CT molecular complexity index is 1200. The first-order valence-corrected chi connectivity index (χ1v) is 12.4. The summed E-state index contributed by atoms with van der Waals surface area (Å²) in [6, 6.07) is 5.24. The molecule has 1 unspecified atom stereocenters. The van der Waals surface area contributed by atoms with Gasteiger partial charge >= 0.3 is 0 Å². The Balaban J connectivity index is 1.57. The Kier molecular flexibility index (Phi) is 10.4. The van der Waals surface area contributed by atoms with Gasteiger partial charge in [-0.3, -0.25) is 9.59 Å². The number of primary amides is 1. The van der Waals surface area contributed by atoms with Crippen LogP contribution in [0.4, 0.5) is 5.82 Å². The Hall–Kier alpha value is -3.98. The first kappa shape index (κ1) is 27.6. The molecule has 1 heterocycles. The molecule has 37 heavy (non-hydrogen) atoms. The third-order valence-electron chi connectivity index (χ3n) is 5.88. The van der Waals surface area contributed by atoms with Crippen LogP contribution in [-0.4, -0.2) is 60.5 Å². The molecule has 4 N–H and O–H groups in total. The van der Waals surface area contributed by atoms with Gasteiger partial charge < -0.3 is 26.0 Å². The second-order valence-electron chi connectivity index (χ2n) is 9.10. The van der Waals surface area contributed by atoms with E-state index in [-0.39, 0.29) is 11.8 Å². The predicted molar refractivity (Wildman–Crippen MR) is 147 cm³/mol. The zero-order chi connectivity index (χ0) is 26.6. The molecule has 9 heteroatoms. The maximum Gasteiger partial charge on any atom is 0.254 e. The van der Waals surface area contributed by atoms with E-state index in [2.05, 4.69) is 32.1 Å². The second kappa shape index (κ2) is 13.9. The molecule has 2 amide bonds. The van der Waals surface area contributed by atoms with Gasteiger partial charge in [-0.25, -0.2) is 9.97 Å². The lowest BCUT2D eigenvalue weighted by molar-refractivity contribution is -0.116. The zero-order valence-electron chi connectivity index (χ0n) is 21.6. The molecular weight excluding hydrogens is 468 g/mol.